The number of hydrogen-bond donors (Lipinski definition) is 2. The number of nitrogens with one attached hydrogen (secondary N) is 2. The van der Waals surface area contributed by atoms with Crippen LogP contribution in [0, 0.1) is 11.8 Å². The molecule has 2 aromatic carbocycles. The van der Waals surface area contributed by atoms with E-state index in [1.54, 1.807) is 24.3 Å². The number of anilines is 1. The van der Waals surface area contributed by atoms with Crippen molar-refractivity contribution in [3.8, 4) is 0 Å². The van der Waals surface area contributed by atoms with Crippen LogP contribution in [-0.2, 0) is 10.0 Å². The largest absolute Gasteiger partial charge is 0.350 e. The minimum Gasteiger partial charge on any atom is -0.350 e. The van der Waals surface area contributed by atoms with Gasteiger partial charge < -0.3 is 10.6 Å². The van der Waals surface area contributed by atoms with Crippen molar-refractivity contribution >= 4 is 27.5 Å². The number of rotatable bonds is 6. The van der Waals surface area contributed by atoms with E-state index in [4.69, 9.17) is 0 Å². The lowest BCUT2D eigenvalue weighted by Crippen LogP contribution is -2.42. The maximum absolute atomic E-state index is 13.0. The average Bonchev–Trinajstić information content (AvgIpc) is 2.73. The van der Waals surface area contributed by atoms with Gasteiger partial charge in [0.15, 0.2) is 0 Å². The van der Waals surface area contributed by atoms with E-state index in [0.29, 0.717) is 41.7 Å². The summed E-state index contributed by atoms with van der Waals surface area (Å²) in [4.78, 5) is 25.3. The highest BCUT2D eigenvalue weighted by Crippen LogP contribution is 2.27. The summed E-state index contributed by atoms with van der Waals surface area (Å²) in [6.07, 6.45) is 1.02. The molecule has 172 valence electrons. The fourth-order valence-corrected chi connectivity index (χ4v) is 5.73. The standard InChI is InChI=1S/C24H31N3O4S/c1-16(2)25-24(29)21-7-5-6-8-22(21)26-23(28)19-9-11-20(12-10-19)32(30,31)27-14-17(3)13-18(4)15-27/h5-12,16-18H,13-15H2,1-4H3,(H,25,29)(H,26,28). The Morgan fingerprint density at radius 3 is 2.12 bits per heavy atom. The van der Waals surface area contributed by atoms with Crippen LogP contribution in [0.25, 0.3) is 0 Å². The van der Waals surface area contributed by atoms with Gasteiger partial charge in [-0.2, -0.15) is 4.31 Å². The maximum atomic E-state index is 13.0. The molecule has 1 aliphatic rings. The number of nitrogens with zero attached hydrogens (tertiary/aromatic N) is 1. The first-order valence-electron chi connectivity index (χ1n) is 10.9. The Bertz CT molecular complexity index is 1070. The molecule has 0 radical (unpaired) electrons. The molecule has 3 rings (SSSR count). The van der Waals surface area contributed by atoms with Crippen LogP contribution in [0.3, 0.4) is 0 Å². The van der Waals surface area contributed by atoms with Gasteiger partial charge in [0.2, 0.25) is 10.0 Å². The summed E-state index contributed by atoms with van der Waals surface area (Å²) < 4.78 is 27.6. The SMILES string of the molecule is CC1CC(C)CN(S(=O)(=O)c2ccc(C(=O)Nc3ccccc3C(=O)NC(C)C)cc2)C1. The summed E-state index contributed by atoms with van der Waals surface area (Å²) in [6, 6.07) is 12.6. The predicted molar refractivity (Wildman–Crippen MR) is 125 cm³/mol. The number of piperidine rings is 1. The van der Waals surface area contributed by atoms with Crippen molar-refractivity contribution in [1.82, 2.24) is 9.62 Å². The summed E-state index contributed by atoms with van der Waals surface area (Å²) in [7, 11) is -3.61. The van der Waals surface area contributed by atoms with Crippen LogP contribution >= 0.6 is 0 Å². The smallest absolute Gasteiger partial charge is 0.255 e. The molecule has 1 fully saturated rings. The van der Waals surface area contributed by atoms with Crippen LogP contribution in [-0.4, -0.2) is 43.7 Å². The summed E-state index contributed by atoms with van der Waals surface area (Å²) in [5.74, 6) is -0.0700. The lowest BCUT2D eigenvalue weighted by Gasteiger charge is -2.34. The van der Waals surface area contributed by atoms with Gasteiger partial charge in [-0.15, -0.1) is 0 Å². The first kappa shape index (κ1) is 23.9. The molecule has 0 bridgehead atoms. The highest BCUT2D eigenvalue weighted by Gasteiger charge is 2.31. The fourth-order valence-electron chi connectivity index (χ4n) is 4.05. The molecule has 2 unspecified atom stereocenters. The topological polar surface area (TPSA) is 95.6 Å². The van der Waals surface area contributed by atoms with Crippen molar-refractivity contribution in [3.05, 3.63) is 59.7 Å². The predicted octanol–water partition coefficient (Wildman–Crippen LogP) is 3.74. The van der Waals surface area contributed by atoms with Crippen LogP contribution < -0.4 is 10.6 Å². The van der Waals surface area contributed by atoms with Gasteiger partial charge in [0, 0.05) is 24.7 Å². The number of sulfonamides is 1. The van der Waals surface area contributed by atoms with Crippen molar-refractivity contribution in [2.75, 3.05) is 18.4 Å². The van der Waals surface area contributed by atoms with Crippen LogP contribution in [0.2, 0.25) is 0 Å². The third kappa shape index (κ3) is 5.55. The molecule has 0 spiro atoms. The monoisotopic (exact) mass is 457 g/mol. The van der Waals surface area contributed by atoms with Gasteiger partial charge in [0.25, 0.3) is 11.8 Å². The van der Waals surface area contributed by atoms with Crippen molar-refractivity contribution in [2.24, 2.45) is 11.8 Å². The van der Waals surface area contributed by atoms with E-state index < -0.39 is 15.9 Å². The first-order chi connectivity index (χ1) is 15.1. The van der Waals surface area contributed by atoms with Gasteiger partial charge in [0.05, 0.1) is 16.1 Å². The van der Waals surface area contributed by atoms with Gasteiger partial charge in [-0.05, 0) is 68.5 Å². The zero-order valence-electron chi connectivity index (χ0n) is 19.0. The van der Waals surface area contributed by atoms with Gasteiger partial charge in [-0.1, -0.05) is 26.0 Å². The zero-order chi connectivity index (χ0) is 23.5. The zero-order valence-corrected chi connectivity index (χ0v) is 19.8. The summed E-state index contributed by atoms with van der Waals surface area (Å²) in [6.45, 7) is 8.85. The molecule has 2 amide bonds. The Kier molecular flexibility index (Phi) is 7.36. The lowest BCUT2D eigenvalue weighted by atomic mass is 9.94. The van der Waals surface area contributed by atoms with Crippen molar-refractivity contribution < 1.29 is 18.0 Å². The van der Waals surface area contributed by atoms with Crippen molar-refractivity contribution in [3.63, 3.8) is 0 Å². The molecular weight excluding hydrogens is 426 g/mol. The number of carbonyl (C=O) groups is 2. The molecule has 32 heavy (non-hydrogen) atoms. The average molecular weight is 458 g/mol. The molecule has 0 aliphatic carbocycles. The van der Waals surface area contributed by atoms with Crippen LogP contribution in [0.4, 0.5) is 5.69 Å². The Morgan fingerprint density at radius 2 is 1.53 bits per heavy atom. The van der Waals surface area contributed by atoms with Crippen LogP contribution in [0.1, 0.15) is 54.8 Å². The number of para-hydroxylation sites is 1. The third-order valence-electron chi connectivity index (χ3n) is 5.43. The molecule has 0 aromatic heterocycles. The van der Waals surface area contributed by atoms with E-state index in [2.05, 4.69) is 24.5 Å². The Labute approximate surface area is 190 Å². The fraction of sp³-hybridized carbons (Fsp3) is 0.417. The number of carbonyl (C=O) groups excluding carboxylic acids is 2. The second-order valence-corrected chi connectivity index (χ2v) is 10.9. The van der Waals surface area contributed by atoms with E-state index in [0.717, 1.165) is 6.42 Å². The number of amides is 2. The molecule has 1 heterocycles. The minimum absolute atomic E-state index is 0.0355. The van der Waals surface area contributed by atoms with Crippen molar-refractivity contribution in [2.45, 2.75) is 45.1 Å². The number of hydrogen-bond acceptors (Lipinski definition) is 4. The summed E-state index contributed by atoms with van der Waals surface area (Å²) in [5, 5.41) is 5.57. The highest BCUT2D eigenvalue weighted by molar-refractivity contribution is 7.89. The molecule has 1 aliphatic heterocycles. The van der Waals surface area contributed by atoms with Gasteiger partial charge >= 0.3 is 0 Å². The Morgan fingerprint density at radius 1 is 0.938 bits per heavy atom. The highest BCUT2D eigenvalue weighted by atomic mass is 32.2. The van der Waals surface area contributed by atoms with Gasteiger partial charge in [-0.3, -0.25) is 9.59 Å². The third-order valence-corrected chi connectivity index (χ3v) is 7.28. The van der Waals surface area contributed by atoms with Gasteiger partial charge in [-0.25, -0.2) is 8.42 Å². The molecule has 7 nitrogen and oxygen atoms in total. The molecule has 2 aromatic rings. The first-order valence-corrected chi connectivity index (χ1v) is 12.3. The number of benzene rings is 2. The normalized spacial score (nSPS) is 19.5. The van der Waals surface area contributed by atoms with Crippen LogP contribution in [0.5, 0.6) is 0 Å². The lowest BCUT2D eigenvalue weighted by molar-refractivity contribution is 0.0944. The van der Waals surface area contributed by atoms with Crippen molar-refractivity contribution in [1.29, 1.82) is 0 Å². The molecular formula is C24H31N3O4S. The van der Waals surface area contributed by atoms with E-state index in [9.17, 15) is 18.0 Å². The van der Waals surface area contributed by atoms with E-state index in [1.807, 2.05) is 13.8 Å². The molecule has 1 saturated heterocycles. The second-order valence-electron chi connectivity index (χ2n) is 8.92. The minimum atomic E-state index is -3.61. The second kappa shape index (κ2) is 9.83. The molecule has 2 N–H and O–H groups in total. The van der Waals surface area contributed by atoms with E-state index >= 15 is 0 Å². The molecule has 0 saturated carbocycles. The van der Waals surface area contributed by atoms with E-state index in [-0.39, 0.29) is 16.8 Å². The summed E-state index contributed by atoms with van der Waals surface area (Å²) >= 11 is 0. The quantitative estimate of drug-likeness (QED) is 0.691. The molecule has 8 heteroatoms. The molecule has 2 atom stereocenters. The van der Waals surface area contributed by atoms with Crippen LogP contribution in [0.15, 0.2) is 53.4 Å². The summed E-state index contributed by atoms with van der Waals surface area (Å²) in [5.41, 5.74) is 1.06. The Balaban J connectivity index is 1.76. The van der Waals surface area contributed by atoms with Gasteiger partial charge in [0.1, 0.15) is 0 Å². The van der Waals surface area contributed by atoms with E-state index in [1.165, 1.54) is 28.6 Å². The Hall–Kier alpha value is -2.71. The maximum Gasteiger partial charge on any atom is 0.255 e.